The maximum absolute atomic E-state index is 12.0. The first-order chi connectivity index (χ1) is 8.23. The highest BCUT2D eigenvalue weighted by atomic mass is 16.6. The summed E-state index contributed by atoms with van der Waals surface area (Å²) in [4.78, 5) is 14.0. The van der Waals surface area contributed by atoms with Crippen LogP contribution in [0.5, 0.6) is 0 Å². The van der Waals surface area contributed by atoms with E-state index in [2.05, 4.69) is 0 Å². The monoisotopic (exact) mass is 259 g/mol. The molecule has 0 aliphatic carbocycles. The number of nitrogens with zero attached hydrogens (tertiary/aromatic N) is 1. The molecule has 106 valence electrons. The lowest BCUT2D eigenvalue weighted by atomic mass is 10.1. The molecule has 1 aliphatic rings. The largest absolute Gasteiger partial charge is 0.459 e. The van der Waals surface area contributed by atoms with Gasteiger partial charge in [-0.15, -0.1) is 0 Å². The maximum Gasteiger partial charge on any atom is 0.323 e. The van der Waals surface area contributed by atoms with Crippen LogP contribution < -0.4 is 0 Å². The smallest absolute Gasteiger partial charge is 0.323 e. The number of esters is 1. The Morgan fingerprint density at radius 1 is 1.50 bits per heavy atom. The molecule has 0 saturated carbocycles. The average Bonchev–Trinajstić information content (AvgIpc) is 2.24. The average molecular weight is 259 g/mol. The van der Waals surface area contributed by atoms with Crippen molar-refractivity contribution in [3.8, 4) is 0 Å². The summed E-state index contributed by atoms with van der Waals surface area (Å²) in [7, 11) is 0. The van der Waals surface area contributed by atoms with Crippen molar-refractivity contribution in [2.24, 2.45) is 0 Å². The van der Waals surface area contributed by atoms with Crippen LogP contribution in [0, 0.1) is 0 Å². The second-order valence-electron chi connectivity index (χ2n) is 5.91. The molecule has 1 saturated heterocycles. The van der Waals surface area contributed by atoms with Gasteiger partial charge in [0.25, 0.3) is 0 Å². The van der Waals surface area contributed by atoms with Gasteiger partial charge >= 0.3 is 5.97 Å². The normalized spacial score (nSPS) is 27.9. The highest BCUT2D eigenvalue weighted by Crippen LogP contribution is 2.16. The Bertz CT molecular complexity index is 287. The molecule has 5 heteroatoms. The Labute approximate surface area is 109 Å². The molecule has 1 fully saturated rings. The standard InChI is InChI=1S/C13H25NO4/c1-9-6-14(7-11(8-15)17-9)10(2)12(16)18-13(3,4)5/h9-11,15H,6-8H2,1-5H3. The molecule has 0 radical (unpaired) electrons. The predicted octanol–water partition coefficient (Wildman–Crippen LogP) is 0.798. The SMILES string of the molecule is CC1CN(C(C)C(=O)OC(C)(C)C)CC(CO)O1. The molecule has 0 aromatic rings. The third-order valence-electron chi connectivity index (χ3n) is 2.85. The summed E-state index contributed by atoms with van der Waals surface area (Å²) in [5.41, 5.74) is -0.473. The quantitative estimate of drug-likeness (QED) is 0.760. The second-order valence-corrected chi connectivity index (χ2v) is 5.91. The fourth-order valence-corrected chi connectivity index (χ4v) is 2.03. The van der Waals surface area contributed by atoms with E-state index in [-0.39, 0.29) is 30.8 Å². The molecule has 0 amide bonds. The summed E-state index contributed by atoms with van der Waals surface area (Å²) >= 11 is 0. The summed E-state index contributed by atoms with van der Waals surface area (Å²) < 4.78 is 10.9. The number of aliphatic hydroxyl groups excluding tert-OH is 1. The second kappa shape index (κ2) is 5.99. The van der Waals surface area contributed by atoms with E-state index in [1.165, 1.54) is 0 Å². The summed E-state index contributed by atoms with van der Waals surface area (Å²) in [6.07, 6.45) is -0.209. The molecule has 18 heavy (non-hydrogen) atoms. The van der Waals surface area contributed by atoms with Crippen LogP contribution in [0.3, 0.4) is 0 Å². The molecule has 1 rings (SSSR count). The van der Waals surface area contributed by atoms with Gasteiger partial charge in [-0.3, -0.25) is 9.69 Å². The lowest BCUT2D eigenvalue weighted by Gasteiger charge is -2.39. The van der Waals surface area contributed by atoms with Crippen molar-refractivity contribution in [2.45, 2.75) is 58.5 Å². The van der Waals surface area contributed by atoms with E-state index in [1.54, 1.807) is 0 Å². The van der Waals surface area contributed by atoms with Crippen molar-refractivity contribution < 1.29 is 19.4 Å². The minimum Gasteiger partial charge on any atom is -0.459 e. The molecular weight excluding hydrogens is 234 g/mol. The Morgan fingerprint density at radius 3 is 2.61 bits per heavy atom. The number of aliphatic hydroxyl groups is 1. The van der Waals surface area contributed by atoms with Crippen LogP contribution in [0.25, 0.3) is 0 Å². The van der Waals surface area contributed by atoms with Gasteiger partial charge in [0.15, 0.2) is 0 Å². The van der Waals surface area contributed by atoms with Gasteiger partial charge in [-0.1, -0.05) is 0 Å². The lowest BCUT2D eigenvalue weighted by Crippen LogP contribution is -2.54. The molecule has 3 unspecified atom stereocenters. The van der Waals surface area contributed by atoms with Crippen molar-refractivity contribution in [3.05, 3.63) is 0 Å². The fraction of sp³-hybridized carbons (Fsp3) is 0.923. The number of carbonyl (C=O) groups excluding carboxylic acids is 1. The Hall–Kier alpha value is -0.650. The number of ether oxygens (including phenoxy) is 2. The van der Waals surface area contributed by atoms with E-state index < -0.39 is 5.60 Å². The van der Waals surface area contributed by atoms with Crippen LogP contribution in [-0.2, 0) is 14.3 Å². The van der Waals surface area contributed by atoms with E-state index in [4.69, 9.17) is 14.6 Å². The zero-order chi connectivity index (χ0) is 13.9. The topological polar surface area (TPSA) is 59.0 Å². The van der Waals surface area contributed by atoms with Gasteiger partial charge in [-0.25, -0.2) is 0 Å². The van der Waals surface area contributed by atoms with Gasteiger partial charge in [-0.2, -0.15) is 0 Å². The third-order valence-corrected chi connectivity index (χ3v) is 2.85. The summed E-state index contributed by atoms with van der Waals surface area (Å²) in [6, 6.07) is -0.315. The molecule has 0 aromatic heterocycles. The molecule has 1 aliphatic heterocycles. The van der Waals surface area contributed by atoms with Gasteiger partial charge in [0.1, 0.15) is 11.6 Å². The summed E-state index contributed by atoms with van der Waals surface area (Å²) in [5.74, 6) is -0.228. The van der Waals surface area contributed by atoms with Gasteiger partial charge in [-0.05, 0) is 34.6 Å². The highest BCUT2D eigenvalue weighted by molar-refractivity contribution is 5.75. The highest BCUT2D eigenvalue weighted by Gasteiger charge is 2.32. The number of morpholine rings is 1. The first-order valence-electron chi connectivity index (χ1n) is 6.46. The van der Waals surface area contributed by atoms with Gasteiger partial charge < -0.3 is 14.6 Å². The van der Waals surface area contributed by atoms with Crippen LogP contribution in [0.15, 0.2) is 0 Å². The van der Waals surface area contributed by atoms with E-state index in [0.717, 1.165) is 0 Å². The van der Waals surface area contributed by atoms with Crippen LogP contribution >= 0.6 is 0 Å². The van der Waals surface area contributed by atoms with Crippen LogP contribution in [0.4, 0.5) is 0 Å². The number of hydrogen-bond donors (Lipinski definition) is 1. The zero-order valence-corrected chi connectivity index (χ0v) is 12.0. The van der Waals surface area contributed by atoms with Crippen molar-refractivity contribution in [1.29, 1.82) is 0 Å². The van der Waals surface area contributed by atoms with E-state index in [9.17, 15) is 4.79 Å². The first-order valence-corrected chi connectivity index (χ1v) is 6.46. The van der Waals surface area contributed by atoms with Crippen LogP contribution in [0.1, 0.15) is 34.6 Å². The predicted molar refractivity (Wildman–Crippen MR) is 68.3 cm³/mol. The molecule has 3 atom stereocenters. The maximum atomic E-state index is 12.0. The number of carbonyl (C=O) groups is 1. The van der Waals surface area contributed by atoms with E-state index in [1.807, 2.05) is 39.5 Å². The zero-order valence-electron chi connectivity index (χ0n) is 12.0. The molecule has 0 spiro atoms. The minimum atomic E-state index is -0.473. The van der Waals surface area contributed by atoms with Crippen LogP contribution in [-0.4, -0.2) is 59.5 Å². The number of rotatable bonds is 3. The van der Waals surface area contributed by atoms with Crippen molar-refractivity contribution in [2.75, 3.05) is 19.7 Å². The third kappa shape index (κ3) is 4.55. The molecule has 0 bridgehead atoms. The Balaban J connectivity index is 2.59. The van der Waals surface area contributed by atoms with E-state index >= 15 is 0 Å². The van der Waals surface area contributed by atoms with E-state index in [0.29, 0.717) is 13.1 Å². The van der Waals surface area contributed by atoms with Gasteiger partial charge in [0.2, 0.25) is 0 Å². The fourth-order valence-electron chi connectivity index (χ4n) is 2.03. The van der Waals surface area contributed by atoms with Crippen molar-refractivity contribution >= 4 is 5.97 Å². The van der Waals surface area contributed by atoms with Gasteiger partial charge in [0.05, 0.1) is 18.8 Å². The molecule has 5 nitrogen and oxygen atoms in total. The Kier molecular flexibility index (Phi) is 5.13. The molecule has 0 aromatic carbocycles. The van der Waals surface area contributed by atoms with Crippen molar-refractivity contribution in [1.82, 2.24) is 4.90 Å². The van der Waals surface area contributed by atoms with Gasteiger partial charge in [0, 0.05) is 13.1 Å². The molecular formula is C13H25NO4. The summed E-state index contributed by atoms with van der Waals surface area (Å²) in [5, 5.41) is 9.17. The minimum absolute atomic E-state index is 0.0146. The first kappa shape index (κ1) is 15.4. The summed E-state index contributed by atoms with van der Waals surface area (Å²) in [6.45, 7) is 10.6. The lowest BCUT2D eigenvalue weighted by molar-refractivity contribution is -0.166. The molecule has 1 N–H and O–H groups in total. The van der Waals surface area contributed by atoms with Crippen LogP contribution in [0.2, 0.25) is 0 Å². The Morgan fingerprint density at radius 2 is 2.11 bits per heavy atom. The molecule has 1 heterocycles. The number of hydrogen-bond acceptors (Lipinski definition) is 5. The van der Waals surface area contributed by atoms with Crippen molar-refractivity contribution in [3.63, 3.8) is 0 Å².